The number of methoxy groups -OCH3 is 1. The van der Waals surface area contributed by atoms with E-state index in [1.807, 2.05) is 24.3 Å². The molecule has 1 aliphatic heterocycles. The average Bonchev–Trinajstić information content (AvgIpc) is 3.10. The molecule has 0 saturated heterocycles. The summed E-state index contributed by atoms with van der Waals surface area (Å²) in [5, 5.41) is 3.43. The van der Waals surface area contributed by atoms with Crippen LogP contribution in [0.25, 0.3) is 0 Å². The Labute approximate surface area is 140 Å². The van der Waals surface area contributed by atoms with Gasteiger partial charge in [0.2, 0.25) is 0 Å². The van der Waals surface area contributed by atoms with Crippen LogP contribution < -0.4 is 5.32 Å². The Hall–Kier alpha value is -2.62. The van der Waals surface area contributed by atoms with E-state index in [0.29, 0.717) is 11.1 Å². The molecule has 0 unspecified atom stereocenters. The molecule has 2 aromatic rings. The molecule has 122 valence electrons. The Morgan fingerprint density at radius 1 is 1.17 bits per heavy atom. The lowest BCUT2D eigenvalue weighted by Crippen LogP contribution is -2.31. The zero-order valence-electron chi connectivity index (χ0n) is 13.3. The van der Waals surface area contributed by atoms with Crippen molar-refractivity contribution in [2.24, 2.45) is 5.92 Å². The molecular formula is C20H18FNO2. The van der Waals surface area contributed by atoms with Gasteiger partial charge in [-0.15, -0.1) is 0 Å². The molecule has 1 aliphatic carbocycles. The standard InChI is InChI=1S/C20H18FNO2/c1-24-20(23)16-10-5-9-14-12-7-4-8-13(12)18(22-19(14)16)15-6-2-3-11-17(15)21/h2-7,9-13,18,22H,8H2,1H3/t12-,13+,18-/m0/s1. The molecule has 0 spiro atoms. The topological polar surface area (TPSA) is 38.3 Å². The second-order valence-corrected chi connectivity index (χ2v) is 6.26. The van der Waals surface area contributed by atoms with E-state index in [9.17, 15) is 9.18 Å². The molecule has 0 fully saturated rings. The van der Waals surface area contributed by atoms with Gasteiger partial charge in [0.1, 0.15) is 5.82 Å². The number of carbonyl (C=O) groups is 1. The van der Waals surface area contributed by atoms with Gasteiger partial charge in [0.25, 0.3) is 0 Å². The molecule has 3 atom stereocenters. The van der Waals surface area contributed by atoms with E-state index in [2.05, 4.69) is 17.5 Å². The number of allylic oxidation sites excluding steroid dienone is 2. The van der Waals surface area contributed by atoms with Gasteiger partial charge in [-0.3, -0.25) is 0 Å². The zero-order chi connectivity index (χ0) is 16.7. The molecule has 4 rings (SSSR count). The van der Waals surface area contributed by atoms with E-state index in [-0.39, 0.29) is 29.7 Å². The van der Waals surface area contributed by atoms with Gasteiger partial charge in [-0.05, 0) is 30.0 Å². The molecular weight excluding hydrogens is 305 g/mol. The molecule has 3 nitrogen and oxygen atoms in total. The fraction of sp³-hybridized carbons (Fsp3) is 0.250. The predicted molar refractivity (Wildman–Crippen MR) is 90.5 cm³/mol. The van der Waals surface area contributed by atoms with Crippen molar-refractivity contribution in [1.82, 2.24) is 0 Å². The fourth-order valence-electron chi connectivity index (χ4n) is 3.94. The van der Waals surface area contributed by atoms with Gasteiger partial charge in [-0.2, -0.15) is 0 Å². The number of anilines is 1. The highest BCUT2D eigenvalue weighted by Crippen LogP contribution is 2.50. The molecule has 0 amide bonds. The van der Waals surface area contributed by atoms with E-state index < -0.39 is 0 Å². The van der Waals surface area contributed by atoms with Crippen molar-refractivity contribution in [1.29, 1.82) is 0 Å². The number of esters is 1. The van der Waals surface area contributed by atoms with Crippen molar-refractivity contribution in [3.8, 4) is 0 Å². The molecule has 0 bridgehead atoms. The van der Waals surface area contributed by atoms with Crippen molar-refractivity contribution in [3.63, 3.8) is 0 Å². The highest BCUT2D eigenvalue weighted by Gasteiger charge is 2.40. The second-order valence-electron chi connectivity index (χ2n) is 6.26. The lowest BCUT2D eigenvalue weighted by molar-refractivity contribution is 0.0601. The number of hydrogen-bond acceptors (Lipinski definition) is 3. The Bertz CT molecular complexity index is 830. The minimum atomic E-state index is -0.382. The number of rotatable bonds is 2. The van der Waals surface area contributed by atoms with E-state index in [1.54, 1.807) is 12.1 Å². The Kier molecular flexibility index (Phi) is 3.60. The summed E-state index contributed by atoms with van der Waals surface area (Å²) in [6.45, 7) is 0. The van der Waals surface area contributed by atoms with Crippen LogP contribution in [0.2, 0.25) is 0 Å². The maximum Gasteiger partial charge on any atom is 0.339 e. The maximum atomic E-state index is 14.4. The summed E-state index contributed by atoms with van der Waals surface area (Å²) < 4.78 is 19.3. The predicted octanol–water partition coefficient (Wildman–Crippen LogP) is 4.44. The van der Waals surface area contributed by atoms with Crippen LogP contribution in [0.3, 0.4) is 0 Å². The lowest BCUT2D eigenvalue weighted by Gasteiger charge is -2.38. The SMILES string of the molecule is COC(=O)c1cccc2c1N[C@H](c1ccccc1F)[C@@H]1CC=C[C@H]21. The Morgan fingerprint density at radius 3 is 2.75 bits per heavy atom. The first-order chi connectivity index (χ1) is 11.7. The third kappa shape index (κ3) is 2.21. The number of halogens is 1. The summed E-state index contributed by atoms with van der Waals surface area (Å²) in [5.41, 5.74) is 2.96. The zero-order valence-corrected chi connectivity index (χ0v) is 13.3. The Balaban J connectivity index is 1.85. The number of benzene rings is 2. The average molecular weight is 323 g/mol. The van der Waals surface area contributed by atoms with Gasteiger partial charge in [0.05, 0.1) is 24.4 Å². The summed E-state index contributed by atoms with van der Waals surface area (Å²) >= 11 is 0. The van der Waals surface area contributed by atoms with Crippen LogP contribution >= 0.6 is 0 Å². The molecule has 0 aromatic heterocycles. The van der Waals surface area contributed by atoms with Gasteiger partial charge in [-0.25, -0.2) is 9.18 Å². The van der Waals surface area contributed by atoms with Crippen LogP contribution in [0, 0.1) is 11.7 Å². The van der Waals surface area contributed by atoms with Gasteiger partial charge in [0, 0.05) is 11.5 Å². The van der Waals surface area contributed by atoms with Crippen LogP contribution in [0.4, 0.5) is 10.1 Å². The van der Waals surface area contributed by atoms with Crippen LogP contribution in [-0.2, 0) is 4.74 Å². The second kappa shape index (κ2) is 5.78. The lowest BCUT2D eigenvalue weighted by atomic mass is 9.76. The van der Waals surface area contributed by atoms with Gasteiger partial charge < -0.3 is 10.1 Å². The van der Waals surface area contributed by atoms with Crippen molar-refractivity contribution < 1.29 is 13.9 Å². The number of carbonyl (C=O) groups excluding carboxylic acids is 1. The van der Waals surface area contributed by atoms with Gasteiger partial charge >= 0.3 is 5.97 Å². The normalized spacial score (nSPS) is 24.0. The number of nitrogens with one attached hydrogen (secondary N) is 1. The van der Waals surface area contributed by atoms with Crippen LogP contribution in [0.15, 0.2) is 54.6 Å². The van der Waals surface area contributed by atoms with Crippen LogP contribution in [0.5, 0.6) is 0 Å². The first-order valence-electron chi connectivity index (χ1n) is 8.09. The van der Waals surface area contributed by atoms with E-state index in [0.717, 1.165) is 17.7 Å². The minimum absolute atomic E-state index is 0.176. The third-order valence-electron chi connectivity index (χ3n) is 5.04. The van der Waals surface area contributed by atoms with E-state index in [1.165, 1.54) is 13.2 Å². The van der Waals surface area contributed by atoms with Crippen molar-refractivity contribution >= 4 is 11.7 Å². The molecule has 2 aliphatic rings. The maximum absolute atomic E-state index is 14.4. The summed E-state index contributed by atoms with van der Waals surface area (Å²) in [5.74, 6) is -0.190. The quantitative estimate of drug-likeness (QED) is 0.656. The molecule has 1 N–H and O–H groups in total. The van der Waals surface area contributed by atoms with Crippen molar-refractivity contribution in [2.45, 2.75) is 18.4 Å². The van der Waals surface area contributed by atoms with Crippen molar-refractivity contribution in [2.75, 3.05) is 12.4 Å². The fourth-order valence-corrected chi connectivity index (χ4v) is 3.94. The Morgan fingerprint density at radius 2 is 1.96 bits per heavy atom. The highest BCUT2D eigenvalue weighted by molar-refractivity contribution is 5.97. The molecule has 0 radical (unpaired) electrons. The van der Waals surface area contributed by atoms with E-state index >= 15 is 0 Å². The summed E-state index contributed by atoms with van der Waals surface area (Å²) in [7, 11) is 1.37. The largest absolute Gasteiger partial charge is 0.465 e. The number of para-hydroxylation sites is 1. The monoisotopic (exact) mass is 323 g/mol. The molecule has 1 heterocycles. The van der Waals surface area contributed by atoms with Crippen molar-refractivity contribution in [3.05, 3.63) is 77.1 Å². The summed E-state index contributed by atoms with van der Waals surface area (Å²) in [4.78, 5) is 12.1. The van der Waals surface area contributed by atoms with Crippen LogP contribution in [0.1, 0.15) is 39.9 Å². The first kappa shape index (κ1) is 14.9. The summed E-state index contributed by atoms with van der Waals surface area (Å²) in [6.07, 6.45) is 5.20. The van der Waals surface area contributed by atoms with Gasteiger partial charge in [-0.1, -0.05) is 42.5 Å². The number of hydrogen-bond donors (Lipinski definition) is 1. The smallest absolute Gasteiger partial charge is 0.339 e. The summed E-state index contributed by atoms with van der Waals surface area (Å²) in [6, 6.07) is 12.3. The number of fused-ring (bicyclic) bond motifs is 3. The molecule has 24 heavy (non-hydrogen) atoms. The van der Waals surface area contributed by atoms with E-state index in [4.69, 9.17) is 4.74 Å². The molecule has 0 saturated carbocycles. The van der Waals surface area contributed by atoms with Gasteiger partial charge in [0.15, 0.2) is 0 Å². The molecule has 4 heteroatoms. The molecule has 2 aromatic carbocycles. The third-order valence-corrected chi connectivity index (χ3v) is 5.04. The highest BCUT2D eigenvalue weighted by atomic mass is 19.1. The van der Waals surface area contributed by atoms with Crippen LogP contribution in [-0.4, -0.2) is 13.1 Å². The minimum Gasteiger partial charge on any atom is -0.465 e. The number of ether oxygens (including phenoxy) is 1. The first-order valence-corrected chi connectivity index (χ1v) is 8.09.